The molecule has 2 aromatic carbocycles. The van der Waals surface area contributed by atoms with Crippen molar-refractivity contribution < 1.29 is 9.47 Å². The number of nitrogens with one attached hydrogen (secondary N) is 1. The van der Waals surface area contributed by atoms with E-state index in [1.165, 1.54) is 16.8 Å². The number of hydrogen-bond donors (Lipinski definition) is 1. The van der Waals surface area contributed by atoms with Crippen LogP contribution in [0.25, 0.3) is 0 Å². The Morgan fingerprint density at radius 2 is 1.81 bits per heavy atom. The number of aryl methyl sites for hydroxylation is 1. The fraction of sp³-hybridized carbons (Fsp3) is 0.333. The largest absolute Gasteiger partial charge is 0.493 e. The molecule has 0 heterocycles. The van der Waals surface area contributed by atoms with Crippen molar-refractivity contribution in [3.8, 4) is 11.5 Å². The lowest BCUT2D eigenvalue weighted by Gasteiger charge is -2.13. The Morgan fingerprint density at radius 3 is 2.52 bits per heavy atom. The van der Waals surface area contributed by atoms with Crippen LogP contribution in [0.1, 0.15) is 25.0 Å². The normalized spacial score (nSPS) is 10.2. The lowest BCUT2D eigenvalue weighted by molar-refractivity contribution is 0.310. The van der Waals surface area contributed by atoms with Crippen LogP contribution in [0.3, 0.4) is 0 Å². The molecule has 3 nitrogen and oxygen atoms in total. The molecule has 2 rings (SSSR count). The van der Waals surface area contributed by atoms with E-state index in [-0.39, 0.29) is 0 Å². The van der Waals surface area contributed by atoms with Crippen LogP contribution < -0.4 is 14.8 Å². The zero-order valence-corrected chi connectivity index (χ0v) is 13.0. The third-order valence-electron chi connectivity index (χ3n) is 3.41. The maximum atomic E-state index is 5.54. The Hall–Kier alpha value is -2.16. The first kappa shape index (κ1) is 15.2. The molecule has 0 radical (unpaired) electrons. The Kier molecular flexibility index (Phi) is 5.50. The summed E-state index contributed by atoms with van der Waals surface area (Å²) in [5, 5.41) is 3.49. The SMILES string of the molecule is CCOc1ccc(CNc2ccccc2CC)cc1OC. The van der Waals surface area contributed by atoms with Crippen LogP contribution in [-0.4, -0.2) is 13.7 Å². The summed E-state index contributed by atoms with van der Waals surface area (Å²) < 4.78 is 10.9. The first-order valence-corrected chi connectivity index (χ1v) is 7.40. The highest BCUT2D eigenvalue weighted by Gasteiger charge is 2.06. The highest BCUT2D eigenvalue weighted by molar-refractivity contribution is 5.52. The Labute approximate surface area is 126 Å². The molecule has 0 saturated heterocycles. The van der Waals surface area contributed by atoms with E-state index in [4.69, 9.17) is 9.47 Å². The summed E-state index contributed by atoms with van der Waals surface area (Å²) in [6, 6.07) is 14.4. The maximum absolute atomic E-state index is 5.54. The fourth-order valence-electron chi connectivity index (χ4n) is 2.30. The van der Waals surface area contributed by atoms with E-state index in [0.717, 1.165) is 24.5 Å². The van der Waals surface area contributed by atoms with Gasteiger partial charge in [0.2, 0.25) is 0 Å². The van der Waals surface area contributed by atoms with Gasteiger partial charge in [-0.25, -0.2) is 0 Å². The van der Waals surface area contributed by atoms with Crippen molar-refractivity contribution in [1.82, 2.24) is 0 Å². The van der Waals surface area contributed by atoms with Crippen LogP contribution in [0.5, 0.6) is 11.5 Å². The lowest BCUT2D eigenvalue weighted by Crippen LogP contribution is -2.03. The van der Waals surface area contributed by atoms with Crippen molar-refractivity contribution in [2.75, 3.05) is 19.0 Å². The van der Waals surface area contributed by atoms with Crippen molar-refractivity contribution in [2.45, 2.75) is 26.8 Å². The van der Waals surface area contributed by atoms with E-state index < -0.39 is 0 Å². The summed E-state index contributed by atoms with van der Waals surface area (Å²) >= 11 is 0. The van der Waals surface area contributed by atoms with Gasteiger partial charge in [0.15, 0.2) is 11.5 Å². The van der Waals surface area contributed by atoms with Crippen LogP contribution in [0.2, 0.25) is 0 Å². The molecule has 0 aromatic heterocycles. The quantitative estimate of drug-likeness (QED) is 0.824. The minimum Gasteiger partial charge on any atom is -0.493 e. The predicted octanol–water partition coefficient (Wildman–Crippen LogP) is 4.27. The van der Waals surface area contributed by atoms with Crippen LogP contribution >= 0.6 is 0 Å². The number of benzene rings is 2. The third-order valence-corrected chi connectivity index (χ3v) is 3.41. The summed E-state index contributed by atoms with van der Waals surface area (Å²) in [6.07, 6.45) is 1.02. The summed E-state index contributed by atoms with van der Waals surface area (Å²) in [7, 11) is 1.67. The van der Waals surface area contributed by atoms with E-state index >= 15 is 0 Å². The number of methoxy groups -OCH3 is 1. The van der Waals surface area contributed by atoms with Crippen molar-refractivity contribution in [2.24, 2.45) is 0 Å². The smallest absolute Gasteiger partial charge is 0.161 e. The van der Waals surface area contributed by atoms with Crippen LogP contribution in [0, 0.1) is 0 Å². The highest BCUT2D eigenvalue weighted by Crippen LogP contribution is 2.28. The van der Waals surface area contributed by atoms with Gasteiger partial charge >= 0.3 is 0 Å². The van der Waals surface area contributed by atoms with Gasteiger partial charge in [-0.05, 0) is 42.7 Å². The summed E-state index contributed by atoms with van der Waals surface area (Å²) in [6.45, 7) is 5.54. The van der Waals surface area contributed by atoms with Crippen LogP contribution in [0.4, 0.5) is 5.69 Å². The maximum Gasteiger partial charge on any atom is 0.161 e. The van der Waals surface area contributed by atoms with Gasteiger partial charge in [0.25, 0.3) is 0 Å². The Morgan fingerprint density at radius 1 is 1.00 bits per heavy atom. The summed E-state index contributed by atoms with van der Waals surface area (Å²) in [5.41, 5.74) is 3.68. The fourth-order valence-corrected chi connectivity index (χ4v) is 2.30. The first-order valence-electron chi connectivity index (χ1n) is 7.40. The average molecular weight is 285 g/mol. The van der Waals surface area contributed by atoms with Gasteiger partial charge in [-0.2, -0.15) is 0 Å². The van der Waals surface area contributed by atoms with Gasteiger partial charge in [-0.1, -0.05) is 31.2 Å². The van der Waals surface area contributed by atoms with E-state index in [0.29, 0.717) is 6.61 Å². The average Bonchev–Trinajstić information content (AvgIpc) is 2.54. The van der Waals surface area contributed by atoms with Crippen molar-refractivity contribution >= 4 is 5.69 Å². The minimum atomic E-state index is 0.637. The number of ether oxygens (including phenoxy) is 2. The highest BCUT2D eigenvalue weighted by atomic mass is 16.5. The number of anilines is 1. The van der Waals surface area contributed by atoms with E-state index in [9.17, 15) is 0 Å². The van der Waals surface area contributed by atoms with Gasteiger partial charge in [-0.15, -0.1) is 0 Å². The van der Waals surface area contributed by atoms with Gasteiger partial charge in [0.05, 0.1) is 13.7 Å². The molecule has 1 N–H and O–H groups in total. The van der Waals surface area contributed by atoms with Crippen molar-refractivity contribution in [3.63, 3.8) is 0 Å². The monoisotopic (exact) mass is 285 g/mol. The van der Waals surface area contributed by atoms with Crippen molar-refractivity contribution in [3.05, 3.63) is 53.6 Å². The molecule has 0 spiro atoms. The van der Waals surface area contributed by atoms with E-state index in [1.807, 2.05) is 19.1 Å². The van der Waals surface area contributed by atoms with Gasteiger partial charge in [-0.3, -0.25) is 0 Å². The molecule has 0 aliphatic heterocycles. The third kappa shape index (κ3) is 3.91. The first-order chi connectivity index (χ1) is 10.3. The number of rotatable bonds is 7. The van der Waals surface area contributed by atoms with Gasteiger partial charge in [0, 0.05) is 12.2 Å². The predicted molar refractivity (Wildman–Crippen MR) is 87.3 cm³/mol. The molecule has 0 saturated carbocycles. The summed E-state index contributed by atoms with van der Waals surface area (Å²) in [5.74, 6) is 1.57. The zero-order chi connectivity index (χ0) is 15.1. The van der Waals surface area contributed by atoms with E-state index in [2.05, 4.69) is 42.6 Å². The minimum absolute atomic E-state index is 0.637. The molecule has 0 atom stereocenters. The van der Waals surface area contributed by atoms with Crippen LogP contribution in [-0.2, 0) is 13.0 Å². The molecule has 21 heavy (non-hydrogen) atoms. The molecule has 3 heteroatoms. The molecular formula is C18H23NO2. The molecule has 112 valence electrons. The van der Waals surface area contributed by atoms with E-state index in [1.54, 1.807) is 7.11 Å². The summed E-state index contributed by atoms with van der Waals surface area (Å²) in [4.78, 5) is 0. The molecule has 0 aliphatic rings. The van der Waals surface area contributed by atoms with Gasteiger partial charge < -0.3 is 14.8 Å². The molecule has 0 amide bonds. The van der Waals surface area contributed by atoms with Crippen molar-refractivity contribution in [1.29, 1.82) is 0 Å². The second kappa shape index (κ2) is 7.58. The lowest BCUT2D eigenvalue weighted by atomic mass is 10.1. The van der Waals surface area contributed by atoms with Gasteiger partial charge in [0.1, 0.15) is 0 Å². The van der Waals surface area contributed by atoms with Crippen LogP contribution in [0.15, 0.2) is 42.5 Å². The number of hydrogen-bond acceptors (Lipinski definition) is 3. The molecular weight excluding hydrogens is 262 g/mol. The second-order valence-electron chi connectivity index (χ2n) is 4.78. The Bertz CT molecular complexity index is 581. The molecule has 0 fully saturated rings. The molecule has 2 aromatic rings. The second-order valence-corrected chi connectivity index (χ2v) is 4.78. The molecule has 0 unspecified atom stereocenters. The zero-order valence-electron chi connectivity index (χ0n) is 13.0. The molecule has 0 bridgehead atoms. The topological polar surface area (TPSA) is 30.5 Å². The molecule has 0 aliphatic carbocycles. The standard InChI is InChI=1S/C18H23NO2/c1-4-15-8-6-7-9-16(15)19-13-14-10-11-17(21-5-2)18(12-14)20-3/h6-12,19H,4-5,13H2,1-3H3. The number of para-hydroxylation sites is 1. The Balaban J connectivity index is 2.09.